The summed E-state index contributed by atoms with van der Waals surface area (Å²) in [6, 6.07) is 47.7. The van der Waals surface area contributed by atoms with Gasteiger partial charge in [-0.1, -0.05) is 139 Å². The summed E-state index contributed by atoms with van der Waals surface area (Å²) in [6.45, 7) is 3.37. The molecule has 0 saturated carbocycles. The molecule has 0 atom stereocenters. The number of fused-ring (bicyclic) bond motifs is 3. The van der Waals surface area contributed by atoms with E-state index in [0.29, 0.717) is 0 Å². The third-order valence-corrected chi connectivity index (χ3v) is 9.14. The lowest BCUT2D eigenvalue weighted by molar-refractivity contribution is -0.777. The van der Waals surface area contributed by atoms with Gasteiger partial charge in [0.2, 0.25) is 0 Å². The van der Waals surface area contributed by atoms with Gasteiger partial charge in [0.15, 0.2) is 0 Å². The van der Waals surface area contributed by atoms with E-state index in [2.05, 4.69) is 148 Å². The van der Waals surface area contributed by atoms with Crippen LogP contribution in [0.3, 0.4) is 0 Å². The maximum atomic E-state index is 2.46. The minimum Gasteiger partial charge on any atom is -0.505 e. The lowest BCUT2D eigenvalue weighted by atomic mass is 9.21. The zero-order valence-corrected chi connectivity index (χ0v) is 22.4. The van der Waals surface area contributed by atoms with Crippen molar-refractivity contribution in [3.63, 3.8) is 0 Å². The van der Waals surface area contributed by atoms with E-state index in [-0.39, 0.29) is 0 Å². The van der Waals surface area contributed by atoms with Crippen LogP contribution >= 0.6 is 0 Å². The lowest BCUT2D eigenvalue weighted by Crippen LogP contribution is -2.75. The second-order valence-electron chi connectivity index (χ2n) is 11.7. The molecule has 0 N–H and O–H groups in total. The Labute approximate surface area is 225 Å². The smallest absolute Gasteiger partial charge is 0.291 e. The van der Waals surface area contributed by atoms with Gasteiger partial charge in [0, 0.05) is 14.1 Å². The molecule has 1 nitrogen and oxygen atoms in total. The number of hydrogen-bond donors (Lipinski definition) is 0. The fraction of sp³-hybridized carbons (Fsp3) is 0.111. The molecule has 6 aromatic carbocycles. The predicted octanol–water partition coefficient (Wildman–Crippen LogP) is 7.31. The Morgan fingerprint density at radius 1 is 0.500 bits per heavy atom. The highest BCUT2D eigenvalue weighted by Crippen LogP contribution is 2.42. The van der Waals surface area contributed by atoms with Crippen molar-refractivity contribution in [1.82, 2.24) is 0 Å². The van der Waals surface area contributed by atoms with E-state index >= 15 is 0 Å². The second-order valence-corrected chi connectivity index (χ2v) is 11.7. The van der Waals surface area contributed by atoms with Gasteiger partial charge in [0.25, 0.3) is 6.28 Å². The number of hydrogen-bond acceptors (Lipinski definition) is 0. The van der Waals surface area contributed by atoms with Crippen LogP contribution in [-0.2, 0) is 0 Å². The van der Waals surface area contributed by atoms with E-state index in [4.69, 9.17) is 0 Å². The molecule has 0 unspecified atom stereocenters. The van der Waals surface area contributed by atoms with Gasteiger partial charge in [0.1, 0.15) is 0 Å². The van der Waals surface area contributed by atoms with Crippen LogP contribution < -0.4 is 10.9 Å². The third-order valence-electron chi connectivity index (χ3n) is 9.14. The first-order chi connectivity index (χ1) is 18.5. The molecule has 0 spiro atoms. The molecule has 2 heteroatoms. The highest BCUT2D eigenvalue weighted by molar-refractivity contribution is 7.11. The maximum absolute atomic E-state index is 2.46. The van der Waals surface area contributed by atoms with Crippen molar-refractivity contribution in [3.8, 4) is 0 Å². The molecular weight excluding hydrogens is 457 g/mol. The van der Waals surface area contributed by atoms with Crippen molar-refractivity contribution in [2.75, 3.05) is 20.6 Å². The highest BCUT2D eigenvalue weighted by atomic mass is 15.3. The van der Waals surface area contributed by atoms with Gasteiger partial charge < -0.3 is 4.39 Å². The molecule has 7 rings (SSSR count). The van der Waals surface area contributed by atoms with Crippen LogP contribution in [-0.4, -0.2) is 31.3 Å². The van der Waals surface area contributed by atoms with E-state index in [1.165, 1.54) is 59.9 Å². The quantitative estimate of drug-likeness (QED) is 0.229. The zero-order chi connectivity index (χ0) is 25.9. The van der Waals surface area contributed by atoms with Crippen molar-refractivity contribution in [2.24, 2.45) is 0 Å². The van der Waals surface area contributed by atoms with Gasteiger partial charge in [-0.15, -0.1) is 16.4 Å². The highest BCUT2D eigenvalue weighted by Gasteiger charge is 2.52. The van der Waals surface area contributed by atoms with Crippen molar-refractivity contribution < 1.29 is 4.39 Å². The molecule has 0 saturated heterocycles. The predicted molar refractivity (Wildman–Crippen MR) is 166 cm³/mol. The molecule has 184 valence electrons. The Morgan fingerprint density at radius 3 is 1.42 bits per heavy atom. The largest absolute Gasteiger partial charge is 0.505 e. The van der Waals surface area contributed by atoms with E-state index in [1.807, 2.05) is 0 Å². The first-order valence-corrected chi connectivity index (χ1v) is 13.6. The van der Waals surface area contributed by atoms with Crippen LogP contribution in [0.25, 0.3) is 37.8 Å². The zero-order valence-electron chi connectivity index (χ0n) is 22.4. The van der Waals surface area contributed by atoms with Crippen LogP contribution in [0.4, 0.5) is 0 Å². The van der Waals surface area contributed by atoms with Gasteiger partial charge in [-0.05, 0) is 39.2 Å². The molecule has 38 heavy (non-hydrogen) atoms. The monoisotopic (exact) mass is 489 g/mol. The van der Waals surface area contributed by atoms with Gasteiger partial charge in [-0.25, -0.2) is 0 Å². The van der Waals surface area contributed by atoms with E-state index in [0.717, 1.165) is 10.9 Å². The average Bonchev–Trinajstić information content (AvgIpc) is 3.17. The Hall–Kier alpha value is -4.14. The van der Waals surface area contributed by atoms with Crippen LogP contribution in [0.1, 0.15) is 12.5 Å². The summed E-state index contributed by atoms with van der Waals surface area (Å²) in [7, 11) is 4.86. The standard InChI is InChI=1S/C36H32BN/c1-26-25-38(2,3)37(34-20-18-28-11-5-8-14-31(28)23-34,35-21-19-29-12-6-9-15-32(29)24-35)36(26)33-17-16-27-10-4-7-13-30(27)22-33/h4-24H,25H2,1-3H3. The fourth-order valence-corrected chi connectivity index (χ4v) is 7.65. The maximum Gasteiger partial charge on any atom is 0.291 e. The lowest BCUT2D eigenvalue weighted by Gasteiger charge is -2.54. The van der Waals surface area contributed by atoms with Crippen molar-refractivity contribution >= 4 is 55.0 Å². The molecular formula is C36H32BN. The number of benzene rings is 6. The van der Waals surface area contributed by atoms with Crippen molar-refractivity contribution in [2.45, 2.75) is 6.92 Å². The van der Waals surface area contributed by atoms with Gasteiger partial charge in [0.05, 0.1) is 6.54 Å². The fourth-order valence-electron chi connectivity index (χ4n) is 7.65. The van der Waals surface area contributed by atoms with Crippen molar-refractivity contribution in [1.29, 1.82) is 0 Å². The molecule has 0 fully saturated rings. The number of likely N-dealkylation sites (N-methyl/N-ethyl adjacent to an activating group) is 1. The summed E-state index contributed by atoms with van der Waals surface area (Å²) in [5.41, 5.74) is 7.12. The van der Waals surface area contributed by atoms with Gasteiger partial charge in [-0.2, -0.15) is 0 Å². The summed E-state index contributed by atoms with van der Waals surface area (Å²) < 4.78 is 0.894. The SMILES string of the molecule is CC1=C(c2ccc3ccccc3c2)[B-](c2ccc3ccccc3c2)(c2ccc3ccccc3c2)[N+](C)(C)C1. The van der Waals surface area contributed by atoms with Crippen LogP contribution in [0, 0.1) is 0 Å². The van der Waals surface area contributed by atoms with E-state index in [9.17, 15) is 0 Å². The Bertz CT molecular complexity index is 1820. The Kier molecular flexibility index (Phi) is 5.11. The first-order valence-electron chi connectivity index (χ1n) is 13.6. The molecule has 0 bridgehead atoms. The number of rotatable bonds is 3. The molecule has 0 radical (unpaired) electrons. The molecule has 0 amide bonds. The van der Waals surface area contributed by atoms with Crippen LogP contribution in [0.5, 0.6) is 0 Å². The summed E-state index contributed by atoms with van der Waals surface area (Å²) in [4.78, 5) is 0. The first kappa shape index (κ1) is 23.0. The molecule has 1 aliphatic rings. The number of nitrogens with zero attached hydrogens (tertiary/aromatic N) is 1. The Morgan fingerprint density at radius 2 is 0.921 bits per heavy atom. The van der Waals surface area contributed by atoms with Crippen LogP contribution in [0.15, 0.2) is 133 Å². The van der Waals surface area contributed by atoms with Gasteiger partial charge >= 0.3 is 0 Å². The molecule has 6 aromatic rings. The van der Waals surface area contributed by atoms with Crippen molar-refractivity contribution in [3.05, 3.63) is 139 Å². The molecule has 1 aliphatic heterocycles. The normalized spacial score (nSPS) is 16.5. The minimum absolute atomic E-state index is 0.894. The second kappa shape index (κ2) is 8.44. The minimum atomic E-state index is -1.35. The molecule has 0 aromatic heterocycles. The summed E-state index contributed by atoms with van der Waals surface area (Å²) in [5.74, 6) is 0. The summed E-state index contributed by atoms with van der Waals surface area (Å²) >= 11 is 0. The molecule has 1 heterocycles. The number of quaternary nitrogens is 1. The summed E-state index contributed by atoms with van der Waals surface area (Å²) in [5, 5.41) is 7.76. The topological polar surface area (TPSA) is 0 Å². The molecule has 0 aliphatic carbocycles. The average molecular weight is 489 g/mol. The Balaban J connectivity index is 1.59. The summed E-state index contributed by atoms with van der Waals surface area (Å²) in [6.07, 6.45) is -1.35. The van der Waals surface area contributed by atoms with E-state index < -0.39 is 6.28 Å². The van der Waals surface area contributed by atoms with Crippen LogP contribution in [0.2, 0.25) is 0 Å². The third kappa shape index (κ3) is 3.30. The van der Waals surface area contributed by atoms with Gasteiger partial charge in [-0.3, -0.25) is 0 Å². The van der Waals surface area contributed by atoms with E-state index in [1.54, 1.807) is 0 Å².